The van der Waals surface area contributed by atoms with Gasteiger partial charge < -0.3 is 15.8 Å². The highest BCUT2D eigenvalue weighted by atomic mass is 32.2. The summed E-state index contributed by atoms with van der Waals surface area (Å²) in [4.78, 5) is 15.9. The summed E-state index contributed by atoms with van der Waals surface area (Å²) in [7, 11) is -3.92. The molecule has 0 saturated carbocycles. The van der Waals surface area contributed by atoms with Crippen LogP contribution < -0.4 is 11.1 Å². The number of ether oxygens (including phenoxy) is 1. The van der Waals surface area contributed by atoms with Crippen LogP contribution in [0.2, 0.25) is 0 Å². The molecule has 0 spiro atoms. The molecule has 0 unspecified atom stereocenters. The molecular formula is C21H24FN5O4S2. The fourth-order valence-electron chi connectivity index (χ4n) is 3.62. The number of rotatable bonds is 7. The molecule has 33 heavy (non-hydrogen) atoms. The van der Waals surface area contributed by atoms with Crippen LogP contribution in [-0.2, 0) is 27.7 Å². The Morgan fingerprint density at radius 1 is 1.24 bits per heavy atom. The van der Waals surface area contributed by atoms with Crippen molar-refractivity contribution in [3.63, 3.8) is 0 Å². The Kier molecular flexibility index (Phi) is 6.88. The molecule has 3 aromatic rings. The number of amides is 1. The molecule has 0 aliphatic carbocycles. The molecule has 4 rings (SSSR count). The lowest BCUT2D eigenvalue weighted by atomic mass is 10.1. The maximum atomic E-state index is 12.8. The Morgan fingerprint density at radius 3 is 2.61 bits per heavy atom. The fraction of sp³-hybridized carbons (Fsp3) is 0.381. The van der Waals surface area contributed by atoms with Gasteiger partial charge in [-0.2, -0.15) is 5.10 Å². The molecule has 1 amide bonds. The Bertz CT molecular complexity index is 1270. The van der Waals surface area contributed by atoms with E-state index in [0.29, 0.717) is 40.7 Å². The number of hydrogen-bond acceptors (Lipinski definition) is 9. The van der Waals surface area contributed by atoms with Gasteiger partial charge in [0.1, 0.15) is 9.71 Å². The van der Waals surface area contributed by atoms with Crippen LogP contribution in [0.15, 0.2) is 29.2 Å². The summed E-state index contributed by atoms with van der Waals surface area (Å²) < 4.78 is 41.2. The van der Waals surface area contributed by atoms with Gasteiger partial charge in [0, 0.05) is 31.6 Å². The van der Waals surface area contributed by atoms with Crippen molar-refractivity contribution in [1.82, 2.24) is 20.4 Å². The first-order valence-corrected chi connectivity index (χ1v) is 12.8. The molecular weight excluding hydrogens is 469 g/mol. The third-order valence-electron chi connectivity index (χ3n) is 5.56. The smallest absolute Gasteiger partial charge is 0.263 e. The van der Waals surface area contributed by atoms with E-state index in [1.54, 1.807) is 0 Å². The van der Waals surface area contributed by atoms with E-state index in [1.165, 1.54) is 35.6 Å². The summed E-state index contributed by atoms with van der Waals surface area (Å²) in [6.07, 6.45) is 0. The second-order valence-corrected chi connectivity index (χ2v) is 10.7. The first kappa shape index (κ1) is 23.5. The highest BCUT2D eigenvalue weighted by molar-refractivity contribution is 7.91. The van der Waals surface area contributed by atoms with Gasteiger partial charge in [-0.1, -0.05) is 12.1 Å². The number of thiophene rings is 1. The zero-order valence-electron chi connectivity index (χ0n) is 18.0. The lowest BCUT2D eigenvalue weighted by Crippen LogP contribution is -2.36. The number of halogens is 1. The Labute approximate surface area is 194 Å². The Balaban J connectivity index is 1.49. The molecule has 1 saturated heterocycles. The number of nitrogen functional groups attached to an aromatic ring is 1. The average molecular weight is 494 g/mol. The average Bonchev–Trinajstić information content (AvgIpc) is 3.17. The summed E-state index contributed by atoms with van der Waals surface area (Å²) in [5.41, 5.74) is 9.11. The molecule has 0 radical (unpaired) electrons. The minimum absolute atomic E-state index is 0.101. The van der Waals surface area contributed by atoms with Crippen molar-refractivity contribution in [1.29, 1.82) is 0 Å². The number of nitrogens with zero attached hydrogens (tertiary/aromatic N) is 3. The summed E-state index contributed by atoms with van der Waals surface area (Å²) in [5.74, 6) is -0.356. The van der Waals surface area contributed by atoms with Crippen LogP contribution in [0, 0.1) is 6.92 Å². The molecule has 3 N–H and O–H groups in total. The zero-order chi connectivity index (χ0) is 23.6. The first-order valence-electron chi connectivity index (χ1n) is 10.3. The number of sulfone groups is 1. The molecule has 0 bridgehead atoms. The number of morpholine rings is 1. The minimum atomic E-state index is -3.92. The van der Waals surface area contributed by atoms with Crippen LogP contribution >= 0.6 is 11.3 Å². The van der Waals surface area contributed by atoms with Gasteiger partial charge >= 0.3 is 0 Å². The Morgan fingerprint density at radius 2 is 1.94 bits per heavy atom. The van der Waals surface area contributed by atoms with Gasteiger partial charge in [-0.05, 0) is 30.2 Å². The Hall–Kier alpha value is -2.67. The maximum Gasteiger partial charge on any atom is 0.263 e. The number of hydrogen-bond donors (Lipinski definition) is 2. The fourth-order valence-corrected chi connectivity index (χ4v) is 5.31. The normalized spacial score (nSPS) is 15.1. The van der Waals surface area contributed by atoms with Crippen LogP contribution in [0.3, 0.4) is 0 Å². The molecule has 3 heterocycles. The number of benzene rings is 1. The number of alkyl halides is 1. The highest BCUT2D eigenvalue weighted by Gasteiger charge is 2.22. The van der Waals surface area contributed by atoms with E-state index in [9.17, 15) is 17.6 Å². The quantitative estimate of drug-likeness (QED) is 0.512. The van der Waals surface area contributed by atoms with Gasteiger partial charge in [-0.15, -0.1) is 16.4 Å². The molecule has 176 valence electrons. The predicted molar refractivity (Wildman–Crippen MR) is 123 cm³/mol. The van der Waals surface area contributed by atoms with Crippen LogP contribution in [0.4, 0.5) is 10.1 Å². The van der Waals surface area contributed by atoms with E-state index in [-0.39, 0.29) is 17.3 Å². The van der Waals surface area contributed by atoms with Crippen molar-refractivity contribution in [2.24, 2.45) is 0 Å². The largest absolute Gasteiger partial charge is 0.397 e. The number of nitrogens with one attached hydrogen (secondary N) is 1. The predicted octanol–water partition coefficient (Wildman–Crippen LogP) is 2.04. The van der Waals surface area contributed by atoms with Gasteiger partial charge in [0.2, 0.25) is 9.84 Å². The highest BCUT2D eigenvalue weighted by Crippen LogP contribution is 2.35. The van der Waals surface area contributed by atoms with Gasteiger partial charge in [-0.3, -0.25) is 9.69 Å². The van der Waals surface area contributed by atoms with Crippen LogP contribution in [0.5, 0.6) is 0 Å². The van der Waals surface area contributed by atoms with Crippen LogP contribution in [0.25, 0.3) is 10.2 Å². The lowest BCUT2D eigenvalue weighted by Gasteiger charge is -2.26. The zero-order valence-corrected chi connectivity index (χ0v) is 19.6. The molecule has 9 nitrogen and oxygen atoms in total. The molecule has 1 aliphatic heterocycles. The number of nitrogens with two attached hydrogens (primary N) is 1. The van der Waals surface area contributed by atoms with E-state index in [0.717, 1.165) is 29.7 Å². The molecule has 0 atom stereocenters. The van der Waals surface area contributed by atoms with Crippen molar-refractivity contribution in [2.75, 3.05) is 38.0 Å². The first-order chi connectivity index (χ1) is 15.8. The van der Waals surface area contributed by atoms with Gasteiger partial charge in [0.15, 0.2) is 6.01 Å². The third kappa shape index (κ3) is 4.98. The number of carbonyl (C=O) groups excluding carboxylic acids is 1. The van der Waals surface area contributed by atoms with Gasteiger partial charge in [-0.25, -0.2) is 12.8 Å². The molecule has 1 aromatic carbocycles. The van der Waals surface area contributed by atoms with Crippen LogP contribution in [0.1, 0.15) is 26.5 Å². The third-order valence-corrected chi connectivity index (χ3v) is 7.92. The topological polar surface area (TPSA) is 128 Å². The molecule has 1 fully saturated rings. The lowest BCUT2D eigenvalue weighted by molar-refractivity contribution is 0.0335. The summed E-state index contributed by atoms with van der Waals surface area (Å²) in [6, 6.07) is 4.25. The van der Waals surface area contributed by atoms with Crippen molar-refractivity contribution >= 4 is 43.0 Å². The van der Waals surface area contributed by atoms with E-state index >= 15 is 0 Å². The molecule has 1 aliphatic rings. The van der Waals surface area contributed by atoms with Crippen molar-refractivity contribution in [3.05, 3.63) is 46.0 Å². The number of anilines is 1. The van der Waals surface area contributed by atoms with E-state index < -0.39 is 15.8 Å². The maximum absolute atomic E-state index is 12.8. The molecule has 2 aromatic heterocycles. The molecule has 12 heteroatoms. The number of aryl methyl sites for hydroxylation is 1. The summed E-state index contributed by atoms with van der Waals surface area (Å²) in [6.45, 7) is 5.77. The summed E-state index contributed by atoms with van der Waals surface area (Å²) in [5, 5.41) is 12.2. The van der Waals surface area contributed by atoms with E-state index in [4.69, 9.17) is 10.5 Å². The van der Waals surface area contributed by atoms with Crippen LogP contribution in [-0.4, -0.2) is 61.7 Å². The second kappa shape index (κ2) is 9.67. The number of carbonyl (C=O) groups is 1. The van der Waals surface area contributed by atoms with E-state index in [1.807, 2.05) is 6.92 Å². The number of aromatic nitrogens is 2. The van der Waals surface area contributed by atoms with E-state index in [2.05, 4.69) is 20.4 Å². The van der Waals surface area contributed by atoms with Gasteiger partial charge in [0.25, 0.3) is 5.91 Å². The monoisotopic (exact) mass is 493 g/mol. The SMILES string of the molecule is Cc1c(CN2CCOCC2)nnc2sc(C(=O)NCc3ccc(S(=O)(=O)CF)cc3)c(N)c12. The van der Waals surface area contributed by atoms with Crippen molar-refractivity contribution in [2.45, 2.75) is 24.9 Å². The van der Waals surface area contributed by atoms with Gasteiger partial charge in [0.05, 0.1) is 29.5 Å². The standard InChI is InChI=1S/C21H24FN5O4S2/c1-13-16(11-27-6-8-31-9-7-27)25-26-21-17(13)18(23)19(32-21)20(28)24-10-14-2-4-15(5-3-14)33(29,30)12-22/h2-5H,6-12,23H2,1H3,(H,24,28). The summed E-state index contributed by atoms with van der Waals surface area (Å²) >= 11 is 1.18. The second-order valence-electron chi connectivity index (χ2n) is 7.74. The minimum Gasteiger partial charge on any atom is -0.397 e. The number of fused-ring (bicyclic) bond motifs is 1. The van der Waals surface area contributed by atoms with Crippen molar-refractivity contribution in [3.8, 4) is 0 Å². The van der Waals surface area contributed by atoms with Crippen molar-refractivity contribution < 1.29 is 22.3 Å².